The Morgan fingerprint density at radius 3 is 2.61 bits per heavy atom. The third-order valence-corrected chi connectivity index (χ3v) is 4.53. The third kappa shape index (κ3) is 2.29. The van der Waals surface area contributed by atoms with Gasteiger partial charge in [-0.15, -0.1) is 0 Å². The summed E-state index contributed by atoms with van der Waals surface area (Å²) in [5.74, 6) is 0.254. The number of benzene rings is 1. The molecule has 23 heavy (non-hydrogen) atoms. The molecule has 0 bridgehead atoms. The van der Waals surface area contributed by atoms with Gasteiger partial charge in [-0.05, 0) is 31.4 Å². The minimum atomic E-state index is 0.254. The number of rotatable bonds is 2. The van der Waals surface area contributed by atoms with Gasteiger partial charge < -0.3 is 20.8 Å². The number of nitrogens with zero attached hydrogens (tertiary/aromatic N) is 2. The molecule has 5 heteroatoms. The second-order valence-corrected chi connectivity index (χ2v) is 5.98. The molecular formula is C18H20N4O. The molecule has 1 aliphatic rings. The Hall–Kier alpha value is -2.69. The zero-order chi connectivity index (χ0) is 15.8. The minimum Gasteiger partial charge on any atom is -0.436 e. The van der Waals surface area contributed by atoms with Crippen LogP contribution in [0, 0.1) is 0 Å². The molecule has 5 nitrogen and oxygen atoms in total. The van der Waals surface area contributed by atoms with Crippen LogP contribution in [0.1, 0.15) is 19.3 Å². The van der Waals surface area contributed by atoms with E-state index in [-0.39, 0.29) is 5.88 Å². The maximum atomic E-state index is 6.01. The second kappa shape index (κ2) is 5.50. The van der Waals surface area contributed by atoms with E-state index < -0.39 is 0 Å². The number of piperidine rings is 1. The van der Waals surface area contributed by atoms with Crippen molar-refractivity contribution in [2.24, 2.45) is 0 Å². The summed E-state index contributed by atoms with van der Waals surface area (Å²) in [6.45, 7) is 2.16. The molecule has 0 amide bonds. The number of hydrogen-bond acceptors (Lipinski definition) is 5. The number of anilines is 3. The number of fused-ring (bicyclic) bond motifs is 1. The molecular weight excluding hydrogens is 288 g/mol. The highest BCUT2D eigenvalue weighted by atomic mass is 16.3. The average molecular weight is 308 g/mol. The SMILES string of the molecule is Nc1oc2c(-c3ccccc3N3CCCCC3)nccc2c1N. The van der Waals surface area contributed by atoms with Crippen LogP contribution in [0.25, 0.3) is 22.2 Å². The van der Waals surface area contributed by atoms with Gasteiger partial charge in [-0.25, -0.2) is 0 Å². The molecule has 2 aromatic heterocycles. The van der Waals surface area contributed by atoms with Gasteiger partial charge in [0.15, 0.2) is 5.58 Å². The molecule has 1 saturated heterocycles. The summed E-state index contributed by atoms with van der Waals surface area (Å²) in [5.41, 5.74) is 16.1. The van der Waals surface area contributed by atoms with Gasteiger partial charge in [0.25, 0.3) is 0 Å². The van der Waals surface area contributed by atoms with E-state index in [2.05, 4.69) is 28.1 Å². The highest BCUT2D eigenvalue weighted by Crippen LogP contribution is 2.39. The van der Waals surface area contributed by atoms with Gasteiger partial charge >= 0.3 is 0 Å². The summed E-state index contributed by atoms with van der Waals surface area (Å²) < 4.78 is 5.70. The van der Waals surface area contributed by atoms with Crippen LogP contribution in [0.2, 0.25) is 0 Å². The molecule has 118 valence electrons. The van der Waals surface area contributed by atoms with Crippen LogP contribution in [0.5, 0.6) is 0 Å². The molecule has 0 aliphatic carbocycles. The molecule has 0 spiro atoms. The smallest absolute Gasteiger partial charge is 0.214 e. The van der Waals surface area contributed by atoms with E-state index in [0.717, 1.165) is 29.7 Å². The fourth-order valence-electron chi connectivity index (χ4n) is 3.34. The number of para-hydroxylation sites is 1. The zero-order valence-electron chi connectivity index (χ0n) is 13.0. The Morgan fingerprint density at radius 1 is 1.00 bits per heavy atom. The van der Waals surface area contributed by atoms with Crippen molar-refractivity contribution < 1.29 is 4.42 Å². The van der Waals surface area contributed by atoms with Crippen molar-refractivity contribution in [3.05, 3.63) is 36.5 Å². The summed E-state index contributed by atoms with van der Waals surface area (Å²) in [5, 5.41) is 0.820. The van der Waals surface area contributed by atoms with Gasteiger partial charge in [0.1, 0.15) is 11.4 Å². The first kappa shape index (κ1) is 13.9. The highest BCUT2D eigenvalue weighted by molar-refractivity contribution is 6.02. The molecule has 0 unspecified atom stereocenters. The molecule has 4 rings (SSSR count). The lowest BCUT2D eigenvalue weighted by molar-refractivity contribution is 0.578. The summed E-state index contributed by atoms with van der Waals surface area (Å²) in [7, 11) is 0. The van der Waals surface area contributed by atoms with Gasteiger partial charge in [0, 0.05) is 35.9 Å². The molecule has 1 aromatic carbocycles. The molecule has 3 heterocycles. The number of furan rings is 1. The van der Waals surface area contributed by atoms with Crippen molar-refractivity contribution in [2.75, 3.05) is 29.5 Å². The van der Waals surface area contributed by atoms with Crippen LogP contribution in [-0.2, 0) is 0 Å². The number of nitrogens with two attached hydrogens (primary N) is 2. The largest absolute Gasteiger partial charge is 0.436 e. The van der Waals surface area contributed by atoms with Crippen LogP contribution in [0.3, 0.4) is 0 Å². The lowest BCUT2D eigenvalue weighted by Gasteiger charge is -2.30. The van der Waals surface area contributed by atoms with Gasteiger partial charge in [0.05, 0.1) is 0 Å². The third-order valence-electron chi connectivity index (χ3n) is 4.53. The lowest BCUT2D eigenvalue weighted by atomic mass is 10.0. The molecule has 0 saturated carbocycles. The number of hydrogen-bond donors (Lipinski definition) is 2. The van der Waals surface area contributed by atoms with E-state index in [1.54, 1.807) is 6.20 Å². The van der Waals surface area contributed by atoms with Gasteiger partial charge in [-0.1, -0.05) is 18.2 Å². The Kier molecular flexibility index (Phi) is 3.33. The topological polar surface area (TPSA) is 81.3 Å². The van der Waals surface area contributed by atoms with Crippen LogP contribution < -0.4 is 16.4 Å². The molecule has 1 fully saturated rings. The Morgan fingerprint density at radius 2 is 1.78 bits per heavy atom. The maximum absolute atomic E-state index is 6.01. The van der Waals surface area contributed by atoms with Gasteiger partial charge in [0.2, 0.25) is 5.88 Å². The summed E-state index contributed by atoms with van der Waals surface area (Å²) >= 11 is 0. The standard InChI is InChI=1S/C18H20N4O/c19-15-13-8-9-21-16(17(13)23-18(15)20)12-6-2-3-7-14(12)22-10-4-1-5-11-22/h2-3,6-9H,1,4-5,10-11,19-20H2. The lowest BCUT2D eigenvalue weighted by Crippen LogP contribution is -2.29. The number of nitrogen functional groups attached to an aromatic ring is 2. The number of pyridine rings is 1. The highest BCUT2D eigenvalue weighted by Gasteiger charge is 2.20. The Balaban J connectivity index is 1.90. The normalized spacial score (nSPS) is 15.2. The Bertz CT molecular complexity index is 849. The molecule has 3 aromatic rings. The minimum absolute atomic E-state index is 0.254. The van der Waals surface area contributed by atoms with Crippen LogP contribution >= 0.6 is 0 Å². The average Bonchev–Trinajstić information content (AvgIpc) is 2.90. The zero-order valence-corrected chi connectivity index (χ0v) is 13.0. The summed E-state index contributed by atoms with van der Waals surface area (Å²) in [4.78, 5) is 6.98. The van der Waals surface area contributed by atoms with E-state index in [9.17, 15) is 0 Å². The van der Waals surface area contributed by atoms with Crippen molar-refractivity contribution in [1.82, 2.24) is 4.98 Å². The Labute approximate surface area is 134 Å². The van der Waals surface area contributed by atoms with E-state index in [1.165, 1.54) is 24.9 Å². The maximum Gasteiger partial charge on any atom is 0.214 e. The monoisotopic (exact) mass is 308 g/mol. The van der Waals surface area contributed by atoms with E-state index in [0.29, 0.717) is 11.3 Å². The molecule has 0 radical (unpaired) electrons. The molecule has 1 aliphatic heterocycles. The summed E-state index contributed by atoms with van der Waals surface area (Å²) in [6.07, 6.45) is 5.52. The van der Waals surface area contributed by atoms with Crippen LogP contribution in [0.4, 0.5) is 17.3 Å². The fraction of sp³-hybridized carbons (Fsp3) is 0.278. The summed E-state index contributed by atoms with van der Waals surface area (Å²) in [6, 6.07) is 10.2. The van der Waals surface area contributed by atoms with E-state index in [4.69, 9.17) is 15.9 Å². The fourth-order valence-corrected chi connectivity index (χ4v) is 3.34. The second-order valence-electron chi connectivity index (χ2n) is 5.98. The van der Waals surface area contributed by atoms with Crippen LogP contribution in [0.15, 0.2) is 40.9 Å². The van der Waals surface area contributed by atoms with Crippen molar-refractivity contribution in [3.63, 3.8) is 0 Å². The van der Waals surface area contributed by atoms with Gasteiger partial charge in [-0.3, -0.25) is 4.98 Å². The van der Waals surface area contributed by atoms with E-state index >= 15 is 0 Å². The molecule has 0 atom stereocenters. The first-order valence-electron chi connectivity index (χ1n) is 8.02. The predicted octanol–water partition coefficient (Wildman–Crippen LogP) is 3.65. The van der Waals surface area contributed by atoms with Crippen molar-refractivity contribution in [1.29, 1.82) is 0 Å². The van der Waals surface area contributed by atoms with E-state index in [1.807, 2.05) is 12.1 Å². The van der Waals surface area contributed by atoms with Crippen LogP contribution in [-0.4, -0.2) is 18.1 Å². The number of aromatic nitrogens is 1. The van der Waals surface area contributed by atoms with Crippen molar-refractivity contribution >= 4 is 28.2 Å². The van der Waals surface area contributed by atoms with Crippen molar-refractivity contribution in [3.8, 4) is 11.3 Å². The first-order chi connectivity index (χ1) is 11.3. The van der Waals surface area contributed by atoms with Crippen molar-refractivity contribution in [2.45, 2.75) is 19.3 Å². The first-order valence-corrected chi connectivity index (χ1v) is 8.02. The quantitative estimate of drug-likeness (QED) is 0.755. The predicted molar refractivity (Wildman–Crippen MR) is 94.3 cm³/mol. The van der Waals surface area contributed by atoms with Gasteiger partial charge in [-0.2, -0.15) is 0 Å². The molecule has 4 N–H and O–H groups in total.